The van der Waals surface area contributed by atoms with Gasteiger partial charge in [-0.15, -0.1) is 0 Å². The third-order valence-electron chi connectivity index (χ3n) is 6.15. The van der Waals surface area contributed by atoms with E-state index in [9.17, 15) is 14.0 Å². The van der Waals surface area contributed by atoms with Gasteiger partial charge in [0.15, 0.2) is 18.1 Å². The average molecular weight is 528 g/mol. The van der Waals surface area contributed by atoms with Crippen molar-refractivity contribution < 1.29 is 28.2 Å². The van der Waals surface area contributed by atoms with E-state index >= 15 is 0 Å². The number of nitrogens with zero attached hydrogens (tertiary/aromatic N) is 3. The molecule has 2 amide bonds. The molecule has 10 nitrogen and oxygen atoms in total. The molecule has 2 N–H and O–H groups in total. The number of methoxy groups -OCH3 is 1. The predicted octanol–water partition coefficient (Wildman–Crippen LogP) is 2.46. The maximum atomic E-state index is 14.4. The van der Waals surface area contributed by atoms with Gasteiger partial charge in [0.1, 0.15) is 23.5 Å². The summed E-state index contributed by atoms with van der Waals surface area (Å²) in [4.78, 5) is 32.2. The van der Waals surface area contributed by atoms with Crippen molar-refractivity contribution in [1.29, 1.82) is 0 Å². The number of benzene rings is 2. The zero-order chi connectivity index (χ0) is 25.9. The Kier molecular flexibility index (Phi) is 7.08. The van der Waals surface area contributed by atoms with Crippen molar-refractivity contribution in [1.82, 2.24) is 20.0 Å². The van der Waals surface area contributed by atoms with E-state index in [-0.39, 0.29) is 24.8 Å². The molecule has 1 aromatic heterocycles. The second-order valence-electron chi connectivity index (χ2n) is 8.82. The number of hydrogen-bond acceptors (Lipinski definition) is 9. The Hall–Kier alpha value is -3.93. The van der Waals surface area contributed by atoms with Crippen LogP contribution in [0.2, 0.25) is 0 Å². The van der Waals surface area contributed by atoms with Gasteiger partial charge < -0.3 is 29.7 Å². The highest BCUT2D eigenvalue weighted by Crippen LogP contribution is 2.29. The number of aryl methyl sites for hydroxylation is 1. The standard InChI is InChI=1S/C25H26FN5O5S/c1-14-28-25(37-30-14)31-6-5-20-19(12-31)29-24(33)16-3-4-21(34-2)22(9-16)35-13-23(32)27-11-15-7-17(26)10-18(8-15)36-20/h3-4,7-10,19-20H,5-6,11-13H2,1-2H3,(H,27,32)(H,29,33)/t19-,20+/m0/s1. The number of anilines is 1. The molecular formula is C25H26FN5O5S. The summed E-state index contributed by atoms with van der Waals surface area (Å²) in [7, 11) is 1.48. The Morgan fingerprint density at radius 1 is 1.22 bits per heavy atom. The van der Waals surface area contributed by atoms with Gasteiger partial charge in [0.05, 0.1) is 13.2 Å². The lowest BCUT2D eigenvalue weighted by molar-refractivity contribution is -0.123. The number of carbonyl (C=O) groups is 2. The number of fused-ring (bicyclic) bond motifs is 5. The monoisotopic (exact) mass is 527 g/mol. The van der Waals surface area contributed by atoms with E-state index in [1.165, 1.54) is 36.8 Å². The zero-order valence-corrected chi connectivity index (χ0v) is 21.1. The molecule has 0 unspecified atom stereocenters. The van der Waals surface area contributed by atoms with E-state index in [1.807, 2.05) is 6.92 Å². The van der Waals surface area contributed by atoms with Crippen LogP contribution in [-0.2, 0) is 11.3 Å². The molecule has 2 aromatic carbocycles. The van der Waals surface area contributed by atoms with Crippen molar-refractivity contribution in [3.8, 4) is 17.2 Å². The normalized spacial score (nSPS) is 20.1. The fraction of sp³-hybridized carbons (Fsp3) is 0.360. The molecule has 194 valence electrons. The van der Waals surface area contributed by atoms with Crippen LogP contribution in [0.15, 0.2) is 36.4 Å². The first-order valence-electron chi connectivity index (χ1n) is 11.8. The SMILES string of the molecule is COc1ccc2cc1OCC(=O)NCc1cc(F)cc(c1)O[C@@H]1CCN(c3nc(C)ns3)C[C@@H]1NC2=O. The van der Waals surface area contributed by atoms with Crippen molar-refractivity contribution in [2.45, 2.75) is 32.0 Å². The van der Waals surface area contributed by atoms with Gasteiger partial charge in [-0.05, 0) is 42.8 Å². The van der Waals surface area contributed by atoms with Crippen LogP contribution in [0.3, 0.4) is 0 Å². The fourth-order valence-electron chi connectivity index (χ4n) is 4.34. The van der Waals surface area contributed by atoms with E-state index in [2.05, 4.69) is 24.9 Å². The third-order valence-corrected chi connectivity index (χ3v) is 7.01. The summed E-state index contributed by atoms with van der Waals surface area (Å²) in [6, 6.07) is 8.65. The number of piperidine rings is 1. The van der Waals surface area contributed by atoms with Crippen molar-refractivity contribution in [3.63, 3.8) is 0 Å². The quantitative estimate of drug-likeness (QED) is 0.523. The maximum absolute atomic E-state index is 14.4. The molecule has 0 spiro atoms. The van der Waals surface area contributed by atoms with Crippen LogP contribution in [0.4, 0.5) is 9.52 Å². The van der Waals surface area contributed by atoms with Gasteiger partial charge in [-0.1, -0.05) is 0 Å². The van der Waals surface area contributed by atoms with Crippen molar-refractivity contribution >= 4 is 28.5 Å². The van der Waals surface area contributed by atoms with Gasteiger partial charge in [-0.25, -0.2) is 9.37 Å². The van der Waals surface area contributed by atoms with Crippen LogP contribution in [0.25, 0.3) is 0 Å². The summed E-state index contributed by atoms with van der Waals surface area (Å²) in [5.41, 5.74) is 0.872. The minimum Gasteiger partial charge on any atom is -0.493 e. The first kappa shape index (κ1) is 24.8. The Bertz CT molecular complexity index is 1320. The van der Waals surface area contributed by atoms with E-state index < -0.39 is 23.9 Å². The van der Waals surface area contributed by atoms with E-state index in [0.29, 0.717) is 48.0 Å². The van der Waals surface area contributed by atoms with Gasteiger partial charge in [0, 0.05) is 49.2 Å². The molecule has 3 aromatic rings. The van der Waals surface area contributed by atoms with Gasteiger partial charge in [-0.2, -0.15) is 4.37 Å². The lowest BCUT2D eigenvalue weighted by atomic mass is 10.0. The van der Waals surface area contributed by atoms with Crippen LogP contribution in [0.1, 0.15) is 28.2 Å². The molecule has 0 radical (unpaired) electrons. The highest BCUT2D eigenvalue weighted by molar-refractivity contribution is 7.09. The minimum absolute atomic E-state index is 0.0997. The minimum atomic E-state index is -0.485. The number of aromatic nitrogens is 2. The fourth-order valence-corrected chi connectivity index (χ4v) is 5.05. The van der Waals surface area contributed by atoms with Crippen molar-refractivity contribution in [3.05, 3.63) is 59.2 Å². The highest BCUT2D eigenvalue weighted by atomic mass is 32.1. The average Bonchev–Trinajstić information content (AvgIpc) is 3.32. The van der Waals surface area contributed by atoms with Crippen LogP contribution >= 0.6 is 11.5 Å². The predicted molar refractivity (Wildman–Crippen MR) is 134 cm³/mol. The smallest absolute Gasteiger partial charge is 0.258 e. The van der Waals surface area contributed by atoms with Gasteiger partial charge in [-0.3, -0.25) is 9.59 Å². The topological polar surface area (TPSA) is 115 Å². The molecular weight excluding hydrogens is 501 g/mol. The van der Waals surface area contributed by atoms with Crippen LogP contribution in [0, 0.1) is 12.7 Å². The number of ether oxygens (including phenoxy) is 3. The summed E-state index contributed by atoms with van der Waals surface area (Å²) < 4.78 is 35.9. The largest absolute Gasteiger partial charge is 0.493 e. The summed E-state index contributed by atoms with van der Waals surface area (Å²) in [5.74, 6) is 0.410. The van der Waals surface area contributed by atoms with Crippen LogP contribution in [0.5, 0.6) is 17.2 Å². The molecule has 2 aliphatic rings. The number of halogens is 1. The summed E-state index contributed by atoms with van der Waals surface area (Å²) in [5, 5.41) is 6.54. The third kappa shape index (κ3) is 5.74. The first-order valence-corrected chi connectivity index (χ1v) is 12.5. The van der Waals surface area contributed by atoms with Gasteiger partial charge in [0.25, 0.3) is 11.8 Å². The second-order valence-corrected chi connectivity index (χ2v) is 9.55. The second kappa shape index (κ2) is 10.6. The molecule has 3 heterocycles. The number of amides is 2. The molecule has 2 atom stereocenters. The summed E-state index contributed by atoms with van der Waals surface area (Å²) >= 11 is 1.30. The highest BCUT2D eigenvalue weighted by Gasteiger charge is 2.34. The molecule has 5 rings (SSSR count). The molecule has 37 heavy (non-hydrogen) atoms. The van der Waals surface area contributed by atoms with E-state index in [1.54, 1.807) is 18.2 Å². The lowest BCUT2D eigenvalue weighted by Gasteiger charge is -2.38. The van der Waals surface area contributed by atoms with E-state index in [4.69, 9.17) is 14.2 Å². The van der Waals surface area contributed by atoms with Crippen LogP contribution < -0.4 is 29.7 Å². The zero-order valence-electron chi connectivity index (χ0n) is 20.3. The Labute approximate surface area is 216 Å². The first-order chi connectivity index (χ1) is 17.9. The number of carbonyl (C=O) groups excluding carboxylic acids is 2. The van der Waals surface area contributed by atoms with Crippen LogP contribution in [-0.4, -0.2) is 60.1 Å². The molecule has 0 saturated carbocycles. The summed E-state index contributed by atoms with van der Waals surface area (Å²) in [6.07, 6.45) is 0.128. The molecule has 1 fully saturated rings. The molecule has 4 bridgehead atoms. The number of hydrogen-bond donors (Lipinski definition) is 2. The van der Waals surface area contributed by atoms with Gasteiger partial charge in [0.2, 0.25) is 5.13 Å². The number of rotatable bonds is 2. The Morgan fingerprint density at radius 3 is 2.86 bits per heavy atom. The van der Waals surface area contributed by atoms with Gasteiger partial charge >= 0.3 is 0 Å². The Balaban J connectivity index is 1.48. The maximum Gasteiger partial charge on any atom is 0.258 e. The van der Waals surface area contributed by atoms with E-state index in [0.717, 1.165) is 5.13 Å². The summed E-state index contributed by atoms with van der Waals surface area (Å²) in [6.45, 7) is 2.69. The molecule has 1 saturated heterocycles. The molecule has 12 heteroatoms. The Morgan fingerprint density at radius 2 is 2.08 bits per heavy atom. The number of nitrogens with one attached hydrogen (secondary N) is 2. The van der Waals surface area contributed by atoms with Crippen molar-refractivity contribution in [2.24, 2.45) is 0 Å². The molecule has 2 aliphatic heterocycles. The lowest BCUT2D eigenvalue weighted by Crippen LogP contribution is -2.57. The molecule has 0 aliphatic carbocycles. The van der Waals surface area contributed by atoms with Crippen molar-refractivity contribution in [2.75, 3.05) is 31.7 Å².